The minimum Gasteiger partial charge on any atom is -0.451 e. The lowest BCUT2D eigenvalue weighted by molar-refractivity contribution is -0.161. The van der Waals surface area contributed by atoms with Gasteiger partial charge in [0.15, 0.2) is 6.10 Å². The molecule has 2 aliphatic rings. The van der Waals surface area contributed by atoms with E-state index < -0.39 is 29.9 Å². The van der Waals surface area contributed by atoms with Crippen LogP contribution in [-0.4, -0.2) is 51.4 Å². The van der Waals surface area contributed by atoms with Gasteiger partial charge in [0.1, 0.15) is 6.04 Å². The number of fused-ring (bicyclic) bond motifs is 1. The van der Waals surface area contributed by atoms with Gasteiger partial charge in [-0.1, -0.05) is 18.2 Å². The van der Waals surface area contributed by atoms with E-state index in [-0.39, 0.29) is 10.8 Å². The number of carbonyl (C=O) groups is 4. The molecule has 2 N–H and O–H groups in total. The molecule has 2 saturated heterocycles. The number of hydrogen-bond donors (Lipinski definition) is 2. The molecule has 144 valence electrons. The van der Waals surface area contributed by atoms with Gasteiger partial charge in [0.2, 0.25) is 5.91 Å². The number of thioether (sulfide) groups is 1. The summed E-state index contributed by atoms with van der Waals surface area (Å²) in [6.45, 7) is 3.35. The van der Waals surface area contributed by atoms with Gasteiger partial charge in [-0.25, -0.2) is 4.79 Å². The van der Waals surface area contributed by atoms with Crippen molar-refractivity contribution in [2.75, 3.05) is 5.75 Å². The van der Waals surface area contributed by atoms with Crippen molar-refractivity contribution < 1.29 is 23.9 Å². The molecule has 3 atom stereocenters. The minimum atomic E-state index is -1.11. The standard InChI is InChI=1S/C18H21N3O5S/c1-11(15(23)19-20-16(24)12-6-4-3-5-7-12)26-17(25)13-10-27-18(2)9-8-14(22)21(13)18/h3-7,11,13H,8-10H2,1-2H3,(H,19,23)(H,20,24)/t11-,13+,18+/m1/s1. The highest BCUT2D eigenvalue weighted by molar-refractivity contribution is 8.01. The number of amides is 3. The Morgan fingerprint density at radius 1 is 1.26 bits per heavy atom. The van der Waals surface area contributed by atoms with E-state index in [0.717, 1.165) is 0 Å². The zero-order valence-corrected chi connectivity index (χ0v) is 15.9. The van der Waals surface area contributed by atoms with Crippen LogP contribution < -0.4 is 10.9 Å². The third kappa shape index (κ3) is 3.92. The summed E-state index contributed by atoms with van der Waals surface area (Å²) in [5.41, 5.74) is 4.90. The first-order valence-corrected chi connectivity index (χ1v) is 9.62. The van der Waals surface area contributed by atoms with Gasteiger partial charge in [-0.3, -0.25) is 25.2 Å². The second-order valence-corrected chi connectivity index (χ2v) is 8.16. The van der Waals surface area contributed by atoms with Crippen molar-refractivity contribution in [2.24, 2.45) is 0 Å². The molecule has 2 aliphatic heterocycles. The summed E-state index contributed by atoms with van der Waals surface area (Å²) < 4.78 is 5.23. The zero-order chi connectivity index (χ0) is 19.6. The molecular formula is C18H21N3O5S. The molecule has 1 aromatic carbocycles. The van der Waals surface area contributed by atoms with Crippen LogP contribution in [0.3, 0.4) is 0 Å². The first-order chi connectivity index (χ1) is 12.8. The van der Waals surface area contributed by atoms with Crippen LogP contribution in [0.15, 0.2) is 30.3 Å². The van der Waals surface area contributed by atoms with Gasteiger partial charge in [0, 0.05) is 17.7 Å². The van der Waals surface area contributed by atoms with Crippen molar-refractivity contribution in [1.29, 1.82) is 0 Å². The van der Waals surface area contributed by atoms with E-state index >= 15 is 0 Å². The topological polar surface area (TPSA) is 105 Å². The van der Waals surface area contributed by atoms with E-state index in [9.17, 15) is 19.2 Å². The first kappa shape index (κ1) is 19.2. The third-order valence-corrected chi connectivity index (χ3v) is 6.22. The average Bonchev–Trinajstić information content (AvgIpc) is 3.16. The number of rotatable bonds is 4. The van der Waals surface area contributed by atoms with Crippen molar-refractivity contribution in [2.45, 2.75) is 43.7 Å². The molecule has 9 heteroatoms. The maximum Gasteiger partial charge on any atom is 0.330 e. The summed E-state index contributed by atoms with van der Waals surface area (Å²) in [6, 6.07) is 7.69. The van der Waals surface area contributed by atoms with E-state index in [1.54, 1.807) is 47.0 Å². The van der Waals surface area contributed by atoms with E-state index in [1.165, 1.54) is 6.92 Å². The number of nitrogens with one attached hydrogen (secondary N) is 2. The van der Waals surface area contributed by atoms with Gasteiger partial charge in [0.05, 0.1) is 4.87 Å². The Morgan fingerprint density at radius 2 is 1.96 bits per heavy atom. The molecule has 0 unspecified atom stereocenters. The normalized spacial score (nSPS) is 24.9. The quantitative estimate of drug-likeness (QED) is 0.582. The Balaban J connectivity index is 1.52. The number of hydrazine groups is 1. The summed E-state index contributed by atoms with van der Waals surface area (Å²) >= 11 is 1.55. The van der Waals surface area contributed by atoms with E-state index in [4.69, 9.17) is 4.74 Å². The van der Waals surface area contributed by atoms with Crippen molar-refractivity contribution >= 4 is 35.5 Å². The molecule has 8 nitrogen and oxygen atoms in total. The van der Waals surface area contributed by atoms with Gasteiger partial charge in [-0.15, -0.1) is 11.8 Å². The summed E-state index contributed by atoms with van der Waals surface area (Å²) in [5.74, 6) is -1.38. The van der Waals surface area contributed by atoms with Crippen LogP contribution in [0.5, 0.6) is 0 Å². The van der Waals surface area contributed by atoms with Crippen molar-refractivity contribution in [3.63, 3.8) is 0 Å². The van der Waals surface area contributed by atoms with Crippen molar-refractivity contribution in [3.05, 3.63) is 35.9 Å². The maximum atomic E-state index is 12.5. The van der Waals surface area contributed by atoms with Crippen LogP contribution in [-0.2, 0) is 19.1 Å². The third-order valence-electron chi connectivity index (χ3n) is 4.71. The number of hydrogen-bond acceptors (Lipinski definition) is 6. The number of benzene rings is 1. The predicted molar refractivity (Wildman–Crippen MR) is 98.3 cm³/mol. The van der Waals surface area contributed by atoms with Gasteiger partial charge in [-0.05, 0) is 32.4 Å². The van der Waals surface area contributed by atoms with E-state index in [1.807, 2.05) is 6.92 Å². The molecule has 2 heterocycles. The Morgan fingerprint density at radius 3 is 2.67 bits per heavy atom. The molecule has 0 saturated carbocycles. The summed E-state index contributed by atoms with van der Waals surface area (Å²) in [6.07, 6.45) is -0.000397. The number of carbonyl (C=O) groups excluding carboxylic acids is 4. The number of ether oxygens (including phenoxy) is 1. The van der Waals surface area contributed by atoms with Gasteiger partial charge < -0.3 is 9.64 Å². The molecule has 0 radical (unpaired) electrons. The molecule has 1 aromatic rings. The Hall–Kier alpha value is -2.55. The molecule has 0 aliphatic carbocycles. The second-order valence-electron chi connectivity index (χ2n) is 6.65. The Labute approximate surface area is 161 Å². The van der Waals surface area contributed by atoms with Crippen molar-refractivity contribution in [1.82, 2.24) is 15.8 Å². The second kappa shape index (κ2) is 7.59. The van der Waals surface area contributed by atoms with Gasteiger partial charge >= 0.3 is 5.97 Å². The molecule has 0 spiro atoms. The Kier molecular flexibility index (Phi) is 5.41. The largest absolute Gasteiger partial charge is 0.451 e. The first-order valence-electron chi connectivity index (χ1n) is 8.64. The smallest absolute Gasteiger partial charge is 0.330 e. The average molecular weight is 391 g/mol. The van der Waals surface area contributed by atoms with Crippen LogP contribution >= 0.6 is 11.8 Å². The molecule has 27 heavy (non-hydrogen) atoms. The summed E-state index contributed by atoms with van der Waals surface area (Å²) in [7, 11) is 0. The van der Waals surface area contributed by atoms with E-state index in [0.29, 0.717) is 24.2 Å². The molecule has 0 aromatic heterocycles. The highest BCUT2D eigenvalue weighted by atomic mass is 32.2. The summed E-state index contributed by atoms with van der Waals surface area (Å²) in [5, 5.41) is 0. The fraction of sp³-hybridized carbons (Fsp3) is 0.444. The Bertz CT molecular complexity index is 772. The lowest BCUT2D eigenvalue weighted by atomic mass is 10.2. The number of nitrogens with zero attached hydrogens (tertiary/aromatic N) is 1. The maximum absolute atomic E-state index is 12.5. The van der Waals surface area contributed by atoms with Crippen LogP contribution in [0.25, 0.3) is 0 Å². The molecule has 2 fully saturated rings. The fourth-order valence-corrected chi connectivity index (χ4v) is 4.60. The SMILES string of the molecule is C[C@@H](OC(=O)[C@@H]1CS[C@@]2(C)CCC(=O)N12)C(=O)NNC(=O)c1ccccc1. The van der Waals surface area contributed by atoms with E-state index in [2.05, 4.69) is 10.9 Å². The van der Waals surface area contributed by atoms with Gasteiger partial charge in [-0.2, -0.15) is 0 Å². The predicted octanol–water partition coefficient (Wildman–Crippen LogP) is 0.833. The lowest BCUT2D eigenvalue weighted by Gasteiger charge is -2.29. The van der Waals surface area contributed by atoms with Crippen molar-refractivity contribution in [3.8, 4) is 0 Å². The highest BCUT2D eigenvalue weighted by Gasteiger charge is 2.53. The van der Waals surface area contributed by atoms with Crippen LogP contribution in [0, 0.1) is 0 Å². The molecule has 0 bridgehead atoms. The lowest BCUT2D eigenvalue weighted by Crippen LogP contribution is -2.50. The molecule has 3 rings (SSSR count). The van der Waals surface area contributed by atoms with Gasteiger partial charge in [0.25, 0.3) is 11.8 Å². The molecule has 3 amide bonds. The van der Waals surface area contributed by atoms with Crippen LogP contribution in [0.1, 0.15) is 37.0 Å². The van der Waals surface area contributed by atoms with Crippen LogP contribution in [0.2, 0.25) is 0 Å². The minimum absolute atomic E-state index is 0.0725. The van der Waals surface area contributed by atoms with Crippen LogP contribution in [0.4, 0.5) is 0 Å². The number of esters is 1. The summed E-state index contributed by atoms with van der Waals surface area (Å²) in [4.78, 5) is 49.7. The monoisotopic (exact) mass is 391 g/mol. The molecular weight excluding hydrogens is 370 g/mol. The zero-order valence-electron chi connectivity index (χ0n) is 15.1. The fourth-order valence-electron chi connectivity index (χ4n) is 3.18. The highest BCUT2D eigenvalue weighted by Crippen LogP contribution is 2.47.